The van der Waals surface area contributed by atoms with Crippen molar-refractivity contribution in [3.8, 4) is 0 Å². The predicted octanol–water partition coefficient (Wildman–Crippen LogP) is 5.59. The quantitative estimate of drug-likeness (QED) is 0.408. The summed E-state index contributed by atoms with van der Waals surface area (Å²) in [4.78, 5) is 10.6. The Hall–Kier alpha value is -1.79. The van der Waals surface area contributed by atoms with Crippen molar-refractivity contribution in [2.75, 3.05) is 0 Å². The maximum Gasteiger partial charge on any atom is 0.339 e. The monoisotopic (exact) mass is 300 g/mol. The van der Waals surface area contributed by atoms with Gasteiger partial charge in [-0.25, -0.2) is 4.79 Å². The van der Waals surface area contributed by atoms with Gasteiger partial charge in [0.05, 0.1) is 5.57 Å². The predicted molar refractivity (Wildman–Crippen MR) is 92.8 cm³/mol. The highest BCUT2D eigenvalue weighted by Gasteiger charge is 2.26. The van der Waals surface area contributed by atoms with E-state index in [4.69, 9.17) is 5.11 Å². The molecule has 1 aliphatic rings. The Labute approximate surface area is 134 Å². The summed E-state index contributed by atoms with van der Waals surface area (Å²) in [5, 5.41) is 8.74. The van der Waals surface area contributed by atoms with Crippen LogP contribution in [-0.4, -0.2) is 11.1 Å². The maximum atomic E-state index is 10.6. The van der Waals surface area contributed by atoms with E-state index in [1.165, 1.54) is 36.0 Å². The van der Waals surface area contributed by atoms with Crippen molar-refractivity contribution < 1.29 is 9.90 Å². The summed E-state index contributed by atoms with van der Waals surface area (Å²) >= 11 is 0. The molecule has 0 radical (unpaired) electrons. The third-order valence-electron chi connectivity index (χ3n) is 4.25. The first-order valence-electron chi connectivity index (χ1n) is 7.94. The average Bonchev–Trinajstić information content (AvgIpc) is 2.41. The van der Waals surface area contributed by atoms with Crippen LogP contribution in [0.25, 0.3) is 0 Å². The van der Waals surface area contributed by atoms with Gasteiger partial charge in [0.1, 0.15) is 0 Å². The van der Waals surface area contributed by atoms with Gasteiger partial charge in [0.25, 0.3) is 0 Å². The van der Waals surface area contributed by atoms with Crippen molar-refractivity contribution in [1.82, 2.24) is 0 Å². The van der Waals surface area contributed by atoms with Crippen LogP contribution < -0.4 is 0 Å². The molecule has 1 aliphatic carbocycles. The van der Waals surface area contributed by atoms with Gasteiger partial charge in [0.15, 0.2) is 0 Å². The number of hydrogen-bond donors (Lipinski definition) is 1. The normalized spacial score (nSPS) is 18.3. The molecule has 0 aromatic heterocycles. The summed E-state index contributed by atoms with van der Waals surface area (Å²) < 4.78 is 0. The Kier molecular flexibility index (Phi) is 6.64. The van der Waals surface area contributed by atoms with Gasteiger partial charge in [0, 0.05) is 0 Å². The molecule has 0 unspecified atom stereocenters. The highest BCUT2D eigenvalue weighted by Crippen LogP contribution is 2.40. The molecule has 0 saturated heterocycles. The molecule has 0 heterocycles. The zero-order valence-electron chi connectivity index (χ0n) is 14.5. The van der Waals surface area contributed by atoms with Gasteiger partial charge in [-0.15, -0.1) is 5.73 Å². The number of carboxylic acid groups (broad SMARTS) is 1. The lowest BCUT2D eigenvalue weighted by Gasteiger charge is -2.32. The Morgan fingerprint density at radius 1 is 1.36 bits per heavy atom. The third kappa shape index (κ3) is 5.54. The molecule has 120 valence electrons. The first-order valence-corrected chi connectivity index (χ1v) is 7.94. The van der Waals surface area contributed by atoms with Crippen LogP contribution in [0.3, 0.4) is 0 Å². The molecule has 0 aromatic rings. The van der Waals surface area contributed by atoms with Gasteiger partial charge in [-0.2, -0.15) is 0 Å². The van der Waals surface area contributed by atoms with Gasteiger partial charge in [0.2, 0.25) is 0 Å². The lowest BCUT2D eigenvalue weighted by Crippen LogP contribution is -2.19. The Morgan fingerprint density at radius 2 is 2.05 bits per heavy atom. The van der Waals surface area contributed by atoms with Crippen molar-refractivity contribution >= 4 is 5.97 Å². The van der Waals surface area contributed by atoms with E-state index in [0.717, 1.165) is 0 Å². The summed E-state index contributed by atoms with van der Waals surface area (Å²) in [5.41, 5.74) is 7.43. The molecule has 2 heteroatoms. The van der Waals surface area contributed by atoms with Gasteiger partial charge >= 0.3 is 5.97 Å². The van der Waals surface area contributed by atoms with Crippen molar-refractivity contribution in [1.29, 1.82) is 0 Å². The molecule has 0 aromatic carbocycles. The molecule has 22 heavy (non-hydrogen) atoms. The second-order valence-corrected chi connectivity index (χ2v) is 6.73. The van der Waals surface area contributed by atoms with E-state index in [0.29, 0.717) is 6.42 Å². The van der Waals surface area contributed by atoms with Crippen LogP contribution in [0.1, 0.15) is 60.3 Å². The smallest absolute Gasteiger partial charge is 0.339 e. The SMILES string of the molecule is CC(=C=CCC=C(C)C=CC1=C(C)CCCC1(C)C)C(=O)O. The topological polar surface area (TPSA) is 37.3 Å². The number of hydrogen-bond acceptors (Lipinski definition) is 1. The molecule has 0 saturated carbocycles. The molecular formula is C20H28O2. The molecule has 1 rings (SSSR count). The van der Waals surface area contributed by atoms with E-state index in [9.17, 15) is 4.79 Å². The van der Waals surface area contributed by atoms with Crippen LogP contribution >= 0.6 is 0 Å². The number of carboxylic acids is 1. The summed E-state index contributed by atoms with van der Waals surface area (Å²) in [7, 11) is 0. The molecule has 0 bridgehead atoms. The molecule has 0 spiro atoms. The molecule has 0 atom stereocenters. The van der Waals surface area contributed by atoms with Crippen LogP contribution in [0, 0.1) is 5.41 Å². The first-order chi connectivity index (χ1) is 10.2. The van der Waals surface area contributed by atoms with Gasteiger partial charge < -0.3 is 5.11 Å². The summed E-state index contributed by atoms with van der Waals surface area (Å²) in [5.74, 6) is -0.918. The van der Waals surface area contributed by atoms with Gasteiger partial charge in [-0.3, -0.25) is 0 Å². The zero-order chi connectivity index (χ0) is 16.8. The molecule has 2 nitrogen and oxygen atoms in total. The van der Waals surface area contributed by atoms with Crippen molar-refractivity contribution in [3.05, 3.63) is 52.3 Å². The van der Waals surface area contributed by atoms with Crippen LogP contribution in [0.4, 0.5) is 0 Å². The fourth-order valence-corrected chi connectivity index (χ4v) is 2.81. The average molecular weight is 300 g/mol. The number of aliphatic carboxylic acids is 1. The minimum atomic E-state index is -0.918. The summed E-state index contributed by atoms with van der Waals surface area (Å²) in [6, 6.07) is 0. The molecule has 0 amide bonds. The number of rotatable bonds is 5. The molecule has 1 N–H and O–H groups in total. The van der Waals surface area contributed by atoms with E-state index < -0.39 is 5.97 Å². The fraction of sp³-hybridized carbons (Fsp3) is 0.500. The standard InChI is InChI=1S/C20H28O2/c1-15(9-6-7-10-17(3)19(21)22)12-13-18-16(2)11-8-14-20(18,4)5/h7,9,12-13H,6,8,11,14H2,1-5H3,(H,21,22). The van der Waals surface area contributed by atoms with Crippen LogP contribution in [-0.2, 0) is 4.79 Å². The summed E-state index contributed by atoms with van der Waals surface area (Å²) in [6.07, 6.45) is 12.7. The van der Waals surface area contributed by atoms with E-state index in [-0.39, 0.29) is 11.0 Å². The number of allylic oxidation sites excluding steroid dienone is 6. The largest absolute Gasteiger partial charge is 0.477 e. The van der Waals surface area contributed by atoms with E-state index in [2.05, 4.69) is 51.7 Å². The van der Waals surface area contributed by atoms with E-state index in [1.807, 2.05) is 0 Å². The van der Waals surface area contributed by atoms with Crippen molar-refractivity contribution in [2.45, 2.75) is 60.3 Å². The maximum absolute atomic E-state index is 10.6. The lowest BCUT2D eigenvalue weighted by molar-refractivity contribution is -0.132. The molecular weight excluding hydrogens is 272 g/mol. The van der Waals surface area contributed by atoms with E-state index >= 15 is 0 Å². The van der Waals surface area contributed by atoms with Gasteiger partial charge in [-0.05, 0) is 63.5 Å². The Bertz CT molecular complexity index is 577. The zero-order valence-corrected chi connectivity index (χ0v) is 14.5. The second kappa shape index (κ2) is 8.00. The van der Waals surface area contributed by atoms with Crippen LogP contribution in [0.5, 0.6) is 0 Å². The molecule has 0 aliphatic heterocycles. The minimum Gasteiger partial charge on any atom is -0.477 e. The Balaban J connectivity index is 2.75. The number of carbonyl (C=O) groups is 1. The first kappa shape index (κ1) is 18.3. The highest BCUT2D eigenvalue weighted by atomic mass is 16.4. The second-order valence-electron chi connectivity index (χ2n) is 6.73. The molecule has 0 fully saturated rings. The van der Waals surface area contributed by atoms with Crippen molar-refractivity contribution in [2.24, 2.45) is 5.41 Å². The van der Waals surface area contributed by atoms with Crippen LogP contribution in [0.15, 0.2) is 52.3 Å². The van der Waals surface area contributed by atoms with Crippen LogP contribution in [0.2, 0.25) is 0 Å². The summed E-state index contributed by atoms with van der Waals surface area (Å²) in [6.45, 7) is 10.5. The van der Waals surface area contributed by atoms with E-state index in [1.54, 1.807) is 13.0 Å². The van der Waals surface area contributed by atoms with Gasteiger partial charge in [-0.1, -0.05) is 43.2 Å². The third-order valence-corrected chi connectivity index (χ3v) is 4.25. The Morgan fingerprint density at radius 3 is 2.64 bits per heavy atom. The lowest BCUT2D eigenvalue weighted by atomic mass is 9.72. The highest BCUT2D eigenvalue weighted by molar-refractivity contribution is 5.85. The van der Waals surface area contributed by atoms with Crippen molar-refractivity contribution in [3.63, 3.8) is 0 Å². The minimum absolute atomic E-state index is 0.242. The fourth-order valence-electron chi connectivity index (χ4n) is 2.81.